The Morgan fingerprint density at radius 2 is 1.85 bits per heavy atom. The van der Waals surface area contributed by atoms with Crippen LogP contribution in [0.25, 0.3) is 0 Å². The number of nitrogens with one attached hydrogen (secondary N) is 1. The van der Waals surface area contributed by atoms with Gasteiger partial charge in [0.2, 0.25) is 5.88 Å². The number of nitro groups is 1. The maximum Gasteiger partial charge on any atom is 0.338 e. The Morgan fingerprint density at radius 3 is 2.38 bits per heavy atom. The molecule has 136 valence electrons. The van der Waals surface area contributed by atoms with E-state index in [1.807, 2.05) is 0 Å². The summed E-state index contributed by atoms with van der Waals surface area (Å²) in [4.78, 5) is 45.4. The van der Waals surface area contributed by atoms with Crippen molar-refractivity contribution >= 4 is 29.4 Å². The van der Waals surface area contributed by atoms with E-state index in [1.54, 1.807) is 6.92 Å². The minimum atomic E-state index is -1.03. The summed E-state index contributed by atoms with van der Waals surface area (Å²) in [6.07, 6.45) is 0. The van der Waals surface area contributed by atoms with E-state index < -0.39 is 35.1 Å². The molecule has 0 aliphatic rings. The lowest BCUT2D eigenvalue weighted by Crippen LogP contribution is -2.21. The minimum Gasteiger partial charge on any atom is -0.465 e. The molecule has 26 heavy (non-hydrogen) atoms. The predicted octanol–water partition coefficient (Wildman–Crippen LogP) is 1.47. The van der Waals surface area contributed by atoms with Gasteiger partial charge < -0.3 is 14.0 Å². The quantitative estimate of drug-likeness (QED) is 0.457. The van der Waals surface area contributed by atoms with Crippen molar-refractivity contribution in [2.75, 3.05) is 19.0 Å². The number of carbonyl (C=O) groups excluding carboxylic acids is 3. The van der Waals surface area contributed by atoms with Gasteiger partial charge in [0.1, 0.15) is 0 Å². The van der Waals surface area contributed by atoms with Crippen LogP contribution in [0.3, 0.4) is 0 Å². The maximum absolute atomic E-state index is 12.0. The molecule has 1 heterocycles. The van der Waals surface area contributed by atoms with Crippen LogP contribution in [0.4, 0.5) is 11.6 Å². The zero-order valence-corrected chi connectivity index (χ0v) is 13.7. The number of hydrogen-bond acceptors (Lipinski definition) is 9. The van der Waals surface area contributed by atoms with E-state index in [4.69, 9.17) is 9.26 Å². The molecule has 0 saturated carbocycles. The van der Waals surface area contributed by atoms with E-state index in [9.17, 15) is 24.5 Å². The van der Waals surface area contributed by atoms with Gasteiger partial charge in [-0.25, -0.2) is 9.59 Å². The van der Waals surface area contributed by atoms with Crippen LogP contribution in [-0.2, 0) is 14.3 Å². The minimum absolute atomic E-state index is 0.0758. The molecule has 11 nitrogen and oxygen atoms in total. The van der Waals surface area contributed by atoms with Gasteiger partial charge in [-0.15, -0.1) is 0 Å². The lowest BCUT2D eigenvalue weighted by Gasteiger charge is -2.06. The van der Waals surface area contributed by atoms with Gasteiger partial charge in [0.15, 0.2) is 6.61 Å². The van der Waals surface area contributed by atoms with Gasteiger partial charge in [-0.3, -0.25) is 20.2 Å². The Hall–Kier alpha value is -3.76. The average molecular weight is 363 g/mol. The predicted molar refractivity (Wildman–Crippen MR) is 84.6 cm³/mol. The van der Waals surface area contributed by atoms with Crippen molar-refractivity contribution in [3.05, 3.63) is 51.2 Å². The summed E-state index contributed by atoms with van der Waals surface area (Å²) in [7, 11) is 1.09. The molecule has 0 bridgehead atoms. The maximum atomic E-state index is 12.0. The molecular weight excluding hydrogens is 350 g/mol. The fraction of sp³-hybridized carbons (Fsp3) is 0.200. The highest BCUT2D eigenvalue weighted by Crippen LogP contribution is 2.19. The van der Waals surface area contributed by atoms with E-state index in [-0.39, 0.29) is 17.0 Å². The Kier molecular flexibility index (Phi) is 5.63. The number of nitrogens with zero attached hydrogens (tertiary/aromatic N) is 2. The number of amides is 1. The molecular formula is C15H13N3O8. The van der Waals surface area contributed by atoms with E-state index in [2.05, 4.69) is 15.2 Å². The number of benzene rings is 1. The molecule has 1 aromatic heterocycles. The van der Waals surface area contributed by atoms with Gasteiger partial charge in [-0.1, -0.05) is 5.16 Å². The van der Waals surface area contributed by atoms with E-state index in [1.165, 1.54) is 6.07 Å². The highest BCUT2D eigenvalue weighted by molar-refractivity contribution is 5.98. The third kappa shape index (κ3) is 4.63. The molecule has 0 radical (unpaired) electrons. The number of carbonyl (C=O) groups is 3. The molecule has 0 spiro atoms. The van der Waals surface area contributed by atoms with Crippen LogP contribution in [0.5, 0.6) is 0 Å². The average Bonchev–Trinajstić information content (AvgIpc) is 3.03. The molecule has 1 aromatic carbocycles. The number of methoxy groups -OCH3 is 1. The molecule has 0 aliphatic carbocycles. The van der Waals surface area contributed by atoms with Crippen LogP contribution in [0.1, 0.15) is 26.4 Å². The zero-order valence-electron chi connectivity index (χ0n) is 13.7. The van der Waals surface area contributed by atoms with E-state index in [0.717, 1.165) is 25.3 Å². The van der Waals surface area contributed by atoms with Crippen molar-refractivity contribution in [1.82, 2.24) is 5.16 Å². The van der Waals surface area contributed by atoms with Crippen molar-refractivity contribution in [2.45, 2.75) is 6.92 Å². The number of ether oxygens (including phenoxy) is 2. The molecule has 1 amide bonds. The Balaban J connectivity index is 2.08. The summed E-state index contributed by atoms with van der Waals surface area (Å²) >= 11 is 0. The van der Waals surface area contributed by atoms with Crippen molar-refractivity contribution in [3.63, 3.8) is 0 Å². The van der Waals surface area contributed by atoms with E-state index in [0.29, 0.717) is 5.69 Å². The van der Waals surface area contributed by atoms with Crippen molar-refractivity contribution in [2.24, 2.45) is 0 Å². The van der Waals surface area contributed by atoms with Crippen LogP contribution in [0, 0.1) is 17.0 Å². The van der Waals surface area contributed by atoms with E-state index >= 15 is 0 Å². The van der Waals surface area contributed by atoms with Gasteiger partial charge >= 0.3 is 11.9 Å². The first-order valence-corrected chi connectivity index (χ1v) is 7.08. The number of hydrogen-bond donors (Lipinski definition) is 1. The van der Waals surface area contributed by atoms with Gasteiger partial charge in [-0.05, 0) is 13.0 Å². The van der Waals surface area contributed by atoms with Crippen molar-refractivity contribution in [1.29, 1.82) is 0 Å². The monoisotopic (exact) mass is 363 g/mol. The normalized spacial score (nSPS) is 10.1. The Labute approximate surface area is 146 Å². The van der Waals surface area contributed by atoms with Crippen LogP contribution >= 0.6 is 0 Å². The second-order valence-corrected chi connectivity index (χ2v) is 4.97. The van der Waals surface area contributed by atoms with Crippen molar-refractivity contribution < 1.29 is 33.3 Å². The SMILES string of the molecule is COC(=O)c1cc(C(=O)OCC(=O)Nc2cc(C)no2)cc([N+](=O)[O-])c1. The lowest BCUT2D eigenvalue weighted by atomic mass is 10.1. The largest absolute Gasteiger partial charge is 0.465 e. The number of esters is 2. The van der Waals surface area contributed by atoms with Gasteiger partial charge in [0.25, 0.3) is 11.6 Å². The lowest BCUT2D eigenvalue weighted by molar-refractivity contribution is -0.384. The molecule has 0 fully saturated rings. The number of non-ortho nitro benzene ring substituents is 1. The fourth-order valence-corrected chi connectivity index (χ4v) is 1.88. The van der Waals surface area contributed by atoms with Gasteiger partial charge in [-0.2, -0.15) is 0 Å². The number of aryl methyl sites for hydroxylation is 1. The second kappa shape index (κ2) is 7.88. The third-order valence-electron chi connectivity index (χ3n) is 3.01. The molecule has 2 rings (SSSR count). The second-order valence-electron chi connectivity index (χ2n) is 4.97. The highest BCUT2D eigenvalue weighted by Gasteiger charge is 2.20. The molecule has 2 aromatic rings. The first-order chi connectivity index (χ1) is 12.3. The Morgan fingerprint density at radius 1 is 1.19 bits per heavy atom. The fourth-order valence-electron chi connectivity index (χ4n) is 1.88. The summed E-state index contributed by atoms with van der Waals surface area (Å²) in [5, 5.41) is 16.8. The Bertz CT molecular complexity index is 874. The van der Waals surface area contributed by atoms with Crippen LogP contribution in [0.2, 0.25) is 0 Å². The van der Waals surface area contributed by atoms with Crippen LogP contribution in [0.15, 0.2) is 28.8 Å². The molecule has 0 saturated heterocycles. The number of rotatable bonds is 6. The topological polar surface area (TPSA) is 151 Å². The number of anilines is 1. The molecule has 0 unspecified atom stereocenters. The van der Waals surface area contributed by atoms with Gasteiger partial charge in [0.05, 0.1) is 28.9 Å². The zero-order chi connectivity index (χ0) is 19.3. The first kappa shape index (κ1) is 18.6. The summed E-state index contributed by atoms with van der Waals surface area (Å²) in [5.41, 5.74) is -0.427. The molecule has 1 N–H and O–H groups in total. The summed E-state index contributed by atoms with van der Waals surface area (Å²) in [6.45, 7) is 0.981. The number of aromatic nitrogens is 1. The molecule has 0 atom stereocenters. The van der Waals surface area contributed by atoms with Crippen molar-refractivity contribution in [3.8, 4) is 0 Å². The highest BCUT2D eigenvalue weighted by atomic mass is 16.6. The van der Waals surface area contributed by atoms with Crippen LogP contribution in [-0.4, -0.2) is 41.6 Å². The summed E-state index contributed by atoms with van der Waals surface area (Å²) < 4.78 is 14.0. The first-order valence-electron chi connectivity index (χ1n) is 7.08. The van der Waals surface area contributed by atoms with Crippen LogP contribution < -0.4 is 5.32 Å². The summed E-state index contributed by atoms with van der Waals surface area (Å²) in [5.74, 6) is -2.51. The van der Waals surface area contributed by atoms with Gasteiger partial charge in [0, 0.05) is 18.2 Å². The molecule has 0 aliphatic heterocycles. The number of nitro benzene ring substituents is 1. The smallest absolute Gasteiger partial charge is 0.338 e. The third-order valence-corrected chi connectivity index (χ3v) is 3.01. The molecule has 11 heteroatoms. The standard InChI is InChI=1S/C15H13N3O8/c1-8-3-13(26-17-8)16-12(19)7-25-15(21)10-4-9(14(20)24-2)5-11(6-10)18(22)23/h3-6H,7H2,1-2H3,(H,16,19). The summed E-state index contributed by atoms with van der Waals surface area (Å²) in [6, 6.07) is 4.41.